The molecule has 0 unspecified atom stereocenters. The molecule has 0 amide bonds. The molecule has 0 aromatic carbocycles. The van der Waals surface area contributed by atoms with Gasteiger partial charge in [-0.05, 0) is 18.3 Å². The summed E-state index contributed by atoms with van der Waals surface area (Å²) in [5, 5.41) is 9.04. The maximum absolute atomic E-state index is 9.04. The van der Waals surface area contributed by atoms with E-state index < -0.39 is 0 Å². The Kier molecular flexibility index (Phi) is 7.58. The molecule has 0 rings (SSSR count). The van der Waals surface area contributed by atoms with E-state index in [2.05, 4.69) is 20.8 Å². The van der Waals surface area contributed by atoms with E-state index in [4.69, 9.17) is 5.11 Å². The first kappa shape index (κ1) is 12.0. The SMILES string of the molecule is CCC[C@@H](CC)C[C@@H](CC)CO. The molecular weight excluding hydrogens is 148 g/mol. The molecule has 0 aliphatic rings. The molecule has 0 spiro atoms. The Balaban J connectivity index is 3.65. The van der Waals surface area contributed by atoms with Gasteiger partial charge in [0.25, 0.3) is 0 Å². The largest absolute Gasteiger partial charge is 0.396 e. The van der Waals surface area contributed by atoms with Crippen molar-refractivity contribution in [2.45, 2.75) is 52.9 Å². The highest BCUT2D eigenvalue weighted by atomic mass is 16.3. The average molecular weight is 172 g/mol. The molecule has 0 radical (unpaired) electrons. The molecule has 0 heterocycles. The highest BCUT2D eigenvalue weighted by Gasteiger charge is 2.11. The smallest absolute Gasteiger partial charge is 0.0459 e. The molecule has 12 heavy (non-hydrogen) atoms. The van der Waals surface area contributed by atoms with E-state index in [1.165, 1.54) is 25.7 Å². The maximum atomic E-state index is 9.04. The first-order chi connectivity index (χ1) is 5.78. The van der Waals surface area contributed by atoms with Gasteiger partial charge in [-0.2, -0.15) is 0 Å². The molecule has 0 aliphatic carbocycles. The Morgan fingerprint density at radius 3 is 1.92 bits per heavy atom. The zero-order valence-corrected chi connectivity index (χ0v) is 8.84. The standard InChI is InChI=1S/C11H24O/c1-4-7-10(5-2)8-11(6-3)9-12/h10-12H,4-9H2,1-3H3/t10-,11-/m1/s1. The van der Waals surface area contributed by atoms with Crippen LogP contribution in [-0.4, -0.2) is 11.7 Å². The summed E-state index contributed by atoms with van der Waals surface area (Å²) in [6.45, 7) is 7.03. The predicted molar refractivity (Wildman–Crippen MR) is 54.2 cm³/mol. The number of aliphatic hydroxyl groups is 1. The van der Waals surface area contributed by atoms with Gasteiger partial charge in [-0.15, -0.1) is 0 Å². The molecule has 0 saturated heterocycles. The van der Waals surface area contributed by atoms with Crippen LogP contribution in [0.2, 0.25) is 0 Å². The first-order valence-electron chi connectivity index (χ1n) is 5.39. The van der Waals surface area contributed by atoms with Crippen LogP contribution in [0.1, 0.15) is 52.9 Å². The lowest BCUT2D eigenvalue weighted by atomic mass is 9.88. The summed E-state index contributed by atoms with van der Waals surface area (Å²) >= 11 is 0. The van der Waals surface area contributed by atoms with E-state index in [1.807, 2.05) is 0 Å². The van der Waals surface area contributed by atoms with Crippen molar-refractivity contribution in [1.82, 2.24) is 0 Å². The fraction of sp³-hybridized carbons (Fsp3) is 1.00. The molecular formula is C11H24O. The Morgan fingerprint density at radius 1 is 1.00 bits per heavy atom. The van der Waals surface area contributed by atoms with E-state index in [0.717, 1.165) is 12.3 Å². The lowest BCUT2D eigenvalue weighted by Gasteiger charge is -2.19. The van der Waals surface area contributed by atoms with Crippen molar-refractivity contribution in [3.05, 3.63) is 0 Å². The van der Waals surface area contributed by atoms with Gasteiger partial charge in [0, 0.05) is 6.61 Å². The highest BCUT2D eigenvalue weighted by molar-refractivity contribution is 4.63. The van der Waals surface area contributed by atoms with E-state index in [1.54, 1.807) is 0 Å². The lowest BCUT2D eigenvalue weighted by molar-refractivity contribution is 0.191. The minimum atomic E-state index is 0.372. The quantitative estimate of drug-likeness (QED) is 0.625. The van der Waals surface area contributed by atoms with E-state index in [0.29, 0.717) is 12.5 Å². The van der Waals surface area contributed by atoms with Crippen molar-refractivity contribution < 1.29 is 5.11 Å². The number of aliphatic hydroxyl groups excluding tert-OH is 1. The van der Waals surface area contributed by atoms with Gasteiger partial charge in [-0.1, -0.05) is 46.5 Å². The topological polar surface area (TPSA) is 20.2 Å². The van der Waals surface area contributed by atoms with Gasteiger partial charge in [0.1, 0.15) is 0 Å². The second-order valence-corrected chi connectivity index (χ2v) is 3.76. The van der Waals surface area contributed by atoms with Gasteiger partial charge in [0.15, 0.2) is 0 Å². The predicted octanol–water partition coefficient (Wildman–Crippen LogP) is 3.22. The van der Waals surface area contributed by atoms with Gasteiger partial charge < -0.3 is 5.11 Å². The summed E-state index contributed by atoms with van der Waals surface area (Å²) in [4.78, 5) is 0. The van der Waals surface area contributed by atoms with Gasteiger partial charge in [0.2, 0.25) is 0 Å². The molecule has 0 aliphatic heterocycles. The summed E-state index contributed by atoms with van der Waals surface area (Å²) in [5.41, 5.74) is 0. The van der Waals surface area contributed by atoms with Crippen LogP contribution in [0.5, 0.6) is 0 Å². The number of hydrogen-bond donors (Lipinski definition) is 1. The minimum Gasteiger partial charge on any atom is -0.396 e. The second-order valence-electron chi connectivity index (χ2n) is 3.76. The average Bonchev–Trinajstić information content (AvgIpc) is 2.12. The number of hydrogen-bond acceptors (Lipinski definition) is 1. The Morgan fingerprint density at radius 2 is 1.58 bits per heavy atom. The monoisotopic (exact) mass is 172 g/mol. The third-order valence-electron chi connectivity index (χ3n) is 2.78. The second kappa shape index (κ2) is 7.60. The van der Waals surface area contributed by atoms with Crippen LogP contribution in [0.25, 0.3) is 0 Å². The maximum Gasteiger partial charge on any atom is 0.0459 e. The summed E-state index contributed by atoms with van der Waals surface area (Å²) in [5.74, 6) is 1.38. The van der Waals surface area contributed by atoms with Crippen LogP contribution in [0.3, 0.4) is 0 Å². The zero-order chi connectivity index (χ0) is 9.40. The third kappa shape index (κ3) is 4.76. The van der Waals surface area contributed by atoms with Gasteiger partial charge in [-0.25, -0.2) is 0 Å². The lowest BCUT2D eigenvalue weighted by Crippen LogP contribution is -2.11. The van der Waals surface area contributed by atoms with Crippen molar-refractivity contribution in [2.24, 2.45) is 11.8 Å². The van der Waals surface area contributed by atoms with Crippen LogP contribution in [-0.2, 0) is 0 Å². The van der Waals surface area contributed by atoms with E-state index >= 15 is 0 Å². The molecule has 0 bridgehead atoms. The normalized spacial score (nSPS) is 16.0. The molecule has 1 nitrogen and oxygen atoms in total. The Hall–Kier alpha value is -0.0400. The summed E-state index contributed by atoms with van der Waals surface area (Å²) in [6, 6.07) is 0. The van der Waals surface area contributed by atoms with Crippen molar-refractivity contribution in [3.8, 4) is 0 Å². The molecule has 0 saturated carbocycles. The van der Waals surface area contributed by atoms with Crippen molar-refractivity contribution >= 4 is 0 Å². The van der Waals surface area contributed by atoms with Crippen LogP contribution < -0.4 is 0 Å². The molecule has 0 aromatic heterocycles. The summed E-state index contributed by atoms with van der Waals surface area (Å²) < 4.78 is 0. The van der Waals surface area contributed by atoms with Crippen LogP contribution in [0, 0.1) is 11.8 Å². The van der Waals surface area contributed by atoms with Crippen LogP contribution in [0.15, 0.2) is 0 Å². The van der Waals surface area contributed by atoms with Crippen molar-refractivity contribution in [3.63, 3.8) is 0 Å². The highest BCUT2D eigenvalue weighted by Crippen LogP contribution is 2.22. The van der Waals surface area contributed by atoms with Crippen molar-refractivity contribution in [2.75, 3.05) is 6.61 Å². The fourth-order valence-corrected chi connectivity index (χ4v) is 1.74. The van der Waals surface area contributed by atoms with Crippen LogP contribution >= 0.6 is 0 Å². The summed E-state index contributed by atoms with van der Waals surface area (Å²) in [6.07, 6.45) is 6.21. The van der Waals surface area contributed by atoms with Gasteiger partial charge >= 0.3 is 0 Å². The molecule has 2 atom stereocenters. The van der Waals surface area contributed by atoms with Crippen LogP contribution in [0.4, 0.5) is 0 Å². The van der Waals surface area contributed by atoms with E-state index in [-0.39, 0.29) is 0 Å². The molecule has 1 N–H and O–H groups in total. The Bertz CT molecular complexity index is 87.0. The zero-order valence-electron chi connectivity index (χ0n) is 8.84. The third-order valence-corrected chi connectivity index (χ3v) is 2.78. The minimum absolute atomic E-state index is 0.372. The fourth-order valence-electron chi connectivity index (χ4n) is 1.74. The van der Waals surface area contributed by atoms with Gasteiger partial charge in [0.05, 0.1) is 0 Å². The Labute approximate surface area is 77.2 Å². The molecule has 1 heteroatoms. The molecule has 0 fully saturated rings. The number of rotatable bonds is 7. The van der Waals surface area contributed by atoms with Crippen molar-refractivity contribution in [1.29, 1.82) is 0 Å². The first-order valence-corrected chi connectivity index (χ1v) is 5.39. The molecule has 0 aromatic rings. The molecule has 74 valence electrons. The van der Waals surface area contributed by atoms with E-state index in [9.17, 15) is 0 Å². The summed E-state index contributed by atoms with van der Waals surface area (Å²) in [7, 11) is 0. The van der Waals surface area contributed by atoms with Gasteiger partial charge in [-0.3, -0.25) is 0 Å².